The summed E-state index contributed by atoms with van der Waals surface area (Å²) >= 11 is 0. The van der Waals surface area contributed by atoms with Gasteiger partial charge in [-0.1, -0.05) is 24.3 Å². The van der Waals surface area contributed by atoms with Crippen LogP contribution in [0.15, 0.2) is 24.3 Å². The van der Waals surface area contributed by atoms with E-state index in [0.29, 0.717) is 0 Å². The largest absolute Gasteiger partial charge is 0.480 e. The van der Waals surface area contributed by atoms with Crippen molar-refractivity contribution in [3.05, 3.63) is 35.4 Å². The topological polar surface area (TPSA) is 102 Å². The first-order chi connectivity index (χ1) is 9.69. The highest BCUT2D eigenvalue weighted by atomic mass is 16.6. The van der Waals surface area contributed by atoms with E-state index in [9.17, 15) is 9.59 Å². The maximum Gasteiger partial charge on any atom is 0.407 e. The highest BCUT2D eigenvalue weighted by Crippen LogP contribution is 2.12. The molecule has 0 saturated heterocycles. The first-order valence-corrected chi connectivity index (χ1v) is 6.71. The number of aliphatic carboxylic acids is 1. The molecule has 1 atom stereocenters. The summed E-state index contributed by atoms with van der Waals surface area (Å²) in [5.41, 5.74) is 6.60. The fraction of sp³-hybridized carbons (Fsp3) is 0.467. The second kappa shape index (κ2) is 7.08. The summed E-state index contributed by atoms with van der Waals surface area (Å²) in [5, 5.41) is 11.5. The summed E-state index contributed by atoms with van der Waals surface area (Å²) in [7, 11) is 0. The first-order valence-electron chi connectivity index (χ1n) is 6.71. The first kappa shape index (κ1) is 17.0. The zero-order valence-corrected chi connectivity index (χ0v) is 12.6. The minimum Gasteiger partial charge on any atom is -0.480 e. The van der Waals surface area contributed by atoms with Gasteiger partial charge in [-0.15, -0.1) is 0 Å². The molecule has 1 aromatic rings. The van der Waals surface area contributed by atoms with E-state index in [2.05, 4.69) is 5.32 Å². The number of hydrogen-bond donors (Lipinski definition) is 3. The molecule has 116 valence electrons. The average Bonchev–Trinajstić information content (AvgIpc) is 2.35. The number of nitrogens with one attached hydrogen (secondary N) is 1. The summed E-state index contributed by atoms with van der Waals surface area (Å²) in [4.78, 5) is 22.4. The summed E-state index contributed by atoms with van der Waals surface area (Å²) in [6, 6.07) is 6.28. The van der Waals surface area contributed by atoms with E-state index in [1.54, 1.807) is 32.9 Å². The zero-order chi connectivity index (χ0) is 16.0. The van der Waals surface area contributed by atoms with Crippen molar-refractivity contribution in [1.29, 1.82) is 0 Å². The van der Waals surface area contributed by atoms with Crippen LogP contribution in [0.4, 0.5) is 4.79 Å². The lowest BCUT2D eigenvalue weighted by atomic mass is 10.0. The van der Waals surface area contributed by atoms with E-state index in [1.165, 1.54) is 0 Å². The number of rotatable bonds is 5. The van der Waals surface area contributed by atoms with E-state index < -0.39 is 23.7 Å². The third kappa shape index (κ3) is 6.27. The Hall–Kier alpha value is -2.08. The van der Waals surface area contributed by atoms with Crippen molar-refractivity contribution >= 4 is 12.1 Å². The lowest BCUT2D eigenvalue weighted by Crippen LogP contribution is -2.34. The Morgan fingerprint density at radius 3 is 2.38 bits per heavy atom. The van der Waals surface area contributed by atoms with Gasteiger partial charge in [-0.3, -0.25) is 4.79 Å². The van der Waals surface area contributed by atoms with Gasteiger partial charge < -0.3 is 20.9 Å². The number of benzene rings is 1. The molecule has 0 spiro atoms. The van der Waals surface area contributed by atoms with Crippen LogP contribution in [-0.2, 0) is 22.5 Å². The van der Waals surface area contributed by atoms with E-state index in [-0.39, 0.29) is 13.0 Å². The standard InChI is InChI=1S/C15H22N2O4/c1-15(2,3)21-14(20)17-9-11-7-5-4-6-10(11)8-12(16)13(18)19/h4-7,12H,8-9,16H2,1-3H3,(H,17,20)(H,18,19)/t12-/m0/s1. The minimum atomic E-state index is -1.05. The third-order valence-electron chi connectivity index (χ3n) is 2.70. The fourth-order valence-corrected chi connectivity index (χ4v) is 1.73. The van der Waals surface area contributed by atoms with Gasteiger partial charge in [0.05, 0.1) is 0 Å². The molecule has 0 aliphatic carbocycles. The van der Waals surface area contributed by atoms with Crippen molar-refractivity contribution in [3.8, 4) is 0 Å². The molecule has 1 amide bonds. The van der Waals surface area contributed by atoms with Crippen LogP contribution in [0.1, 0.15) is 31.9 Å². The predicted octanol–water partition coefficient (Wildman–Crippen LogP) is 1.67. The van der Waals surface area contributed by atoms with Crippen LogP contribution in [0.5, 0.6) is 0 Å². The normalized spacial score (nSPS) is 12.6. The molecule has 0 fully saturated rings. The van der Waals surface area contributed by atoms with Crippen molar-refractivity contribution in [2.24, 2.45) is 5.73 Å². The van der Waals surface area contributed by atoms with Crippen molar-refractivity contribution < 1.29 is 19.4 Å². The monoisotopic (exact) mass is 294 g/mol. The highest BCUT2D eigenvalue weighted by molar-refractivity contribution is 5.73. The molecular weight excluding hydrogens is 272 g/mol. The summed E-state index contributed by atoms with van der Waals surface area (Å²) in [6.07, 6.45) is -0.304. The molecule has 0 radical (unpaired) electrons. The number of alkyl carbamates (subject to hydrolysis) is 1. The Balaban J connectivity index is 2.67. The van der Waals surface area contributed by atoms with Crippen LogP contribution in [0, 0.1) is 0 Å². The predicted molar refractivity (Wildman–Crippen MR) is 78.8 cm³/mol. The van der Waals surface area contributed by atoms with Gasteiger partial charge in [-0.2, -0.15) is 0 Å². The number of carbonyl (C=O) groups is 2. The summed E-state index contributed by atoms with van der Waals surface area (Å²) in [6.45, 7) is 5.61. The maximum absolute atomic E-state index is 11.6. The molecule has 6 nitrogen and oxygen atoms in total. The molecule has 0 unspecified atom stereocenters. The van der Waals surface area contributed by atoms with Crippen LogP contribution in [0.2, 0.25) is 0 Å². The molecule has 1 aromatic carbocycles. The number of carboxylic acids is 1. The molecule has 0 aliphatic rings. The van der Waals surface area contributed by atoms with Crippen LogP contribution < -0.4 is 11.1 Å². The van der Waals surface area contributed by atoms with Gasteiger partial charge in [0.2, 0.25) is 0 Å². The zero-order valence-electron chi connectivity index (χ0n) is 12.6. The average molecular weight is 294 g/mol. The van der Waals surface area contributed by atoms with Crippen molar-refractivity contribution in [1.82, 2.24) is 5.32 Å². The molecule has 0 aliphatic heterocycles. The fourth-order valence-electron chi connectivity index (χ4n) is 1.73. The number of carbonyl (C=O) groups excluding carboxylic acids is 1. The number of carboxylic acid groups (broad SMARTS) is 1. The van der Waals surface area contributed by atoms with Gasteiger partial charge in [0.1, 0.15) is 11.6 Å². The molecule has 4 N–H and O–H groups in total. The minimum absolute atomic E-state index is 0.210. The molecule has 0 saturated carbocycles. The molecule has 0 aromatic heterocycles. The Kier molecular flexibility index (Phi) is 5.72. The van der Waals surface area contributed by atoms with Crippen molar-refractivity contribution in [2.75, 3.05) is 0 Å². The van der Waals surface area contributed by atoms with Gasteiger partial charge in [0.15, 0.2) is 0 Å². The molecule has 21 heavy (non-hydrogen) atoms. The second-order valence-corrected chi connectivity index (χ2v) is 5.77. The van der Waals surface area contributed by atoms with Crippen LogP contribution >= 0.6 is 0 Å². The third-order valence-corrected chi connectivity index (χ3v) is 2.70. The number of nitrogens with two attached hydrogens (primary N) is 1. The van der Waals surface area contributed by atoms with Gasteiger partial charge in [-0.05, 0) is 38.3 Å². The SMILES string of the molecule is CC(C)(C)OC(=O)NCc1ccccc1C[C@H](N)C(=O)O. The summed E-state index contributed by atoms with van der Waals surface area (Å²) in [5.74, 6) is -1.05. The van der Waals surface area contributed by atoms with Crippen LogP contribution in [0.25, 0.3) is 0 Å². The van der Waals surface area contributed by atoms with Gasteiger partial charge in [0, 0.05) is 6.54 Å². The van der Waals surface area contributed by atoms with E-state index in [4.69, 9.17) is 15.6 Å². The van der Waals surface area contributed by atoms with E-state index in [1.807, 2.05) is 12.1 Å². The lowest BCUT2D eigenvalue weighted by Gasteiger charge is -2.20. The Bertz CT molecular complexity index is 509. The Morgan fingerprint density at radius 1 is 1.29 bits per heavy atom. The number of hydrogen-bond acceptors (Lipinski definition) is 4. The number of amides is 1. The Morgan fingerprint density at radius 2 is 1.86 bits per heavy atom. The Labute approximate surface area is 124 Å². The van der Waals surface area contributed by atoms with Gasteiger partial charge in [0.25, 0.3) is 0 Å². The summed E-state index contributed by atoms with van der Waals surface area (Å²) < 4.78 is 5.15. The second-order valence-electron chi connectivity index (χ2n) is 5.77. The molecule has 0 bridgehead atoms. The molecule has 0 heterocycles. The molecule has 1 rings (SSSR count). The van der Waals surface area contributed by atoms with Crippen LogP contribution in [-0.4, -0.2) is 28.8 Å². The van der Waals surface area contributed by atoms with E-state index in [0.717, 1.165) is 11.1 Å². The molecule has 6 heteroatoms. The maximum atomic E-state index is 11.6. The quantitative estimate of drug-likeness (QED) is 0.766. The van der Waals surface area contributed by atoms with Crippen molar-refractivity contribution in [2.45, 2.75) is 45.4 Å². The smallest absolute Gasteiger partial charge is 0.407 e. The van der Waals surface area contributed by atoms with Gasteiger partial charge >= 0.3 is 12.1 Å². The van der Waals surface area contributed by atoms with Gasteiger partial charge in [-0.25, -0.2) is 4.79 Å². The van der Waals surface area contributed by atoms with Crippen molar-refractivity contribution in [3.63, 3.8) is 0 Å². The van der Waals surface area contributed by atoms with E-state index >= 15 is 0 Å². The number of ether oxygens (including phenoxy) is 1. The molecular formula is C15H22N2O4. The lowest BCUT2D eigenvalue weighted by molar-refractivity contribution is -0.138. The van der Waals surface area contributed by atoms with Crippen LogP contribution in [0.3, 0.4) is 0 Å². The highest BCUT2D eigenvalue weighted by Gasteiger charge is 2.17.